The van der Waals surface area contributed by atoms with Crippen LogP contribution in [-0.2, 0) is 6.54 Å². The molecule has 1 saturated heterocycles. The van der Waals surface area contributed by atoms with Gasteiger partial charge in [0.25, 0.3) is 5.56 Å². The standard InChI is InChI=1S/C19H16BrFN4OS/c20-14-15-16(27-17(14)21)18(26)25(11-13-7-3-2-6-12(13)10-22)19(23-15)24-8-4-1-5-9-24/h2-3,6-7H,1,4-5,8-9,11H2. The van der Waals surface area contributed by atoms with Crippen LogP contribution in [0.25, 0.3) is 10.2 Å². The number of benzene rings is 1. The summed E-state index contributed by atoms with van der Waals surface area (Å²) in [5, 5.41) is 8.93. The number of hydrogen-bond donors (Lipinski definition) is 0. The molecule has 8 heteroatoms. The summed E-state index contributed by atoms with van der Waals surface area (Å²) in [6.07, 6.45) is 3.21. The van der Waals surface area contributed by atoms with Crippen LogP contribution < -0.4 is 10.5 Å². The van der Waals surface area contributed by atoms with Crippen molar-refractivity contribution in [3.63, 3.8) is 0 Å². The lowest BCUT2D eigenvalue weighted by Crippen LogP contribution is -2.36. The summed E-state index contributed by atoms with van der Waals surface area (Å²) in [7, 11) is 0. The fraction of sp³-hybridized carbons (Fsp3) is 0.316. The van der Waals surface area contributed by atoms with E-state index in [4.69, 9.17) is 0 Å². The first kappa shape index (κ1) is 18.1. The van der Waals surface area contributed by atoms with Gasteiger partial charge in [0.05, 0.1) is 22.7 Å². The van der Waals surface area contributed by atoms with E-state index < -0.39 is 5.13 Å². The van der Waals surface area contributed by atoms with Gasteiger partial charge in [-0.15, -0.1) is 0 Å². The van der Waals surface area contributed by atoms with Crippen molar-refractivity contribution in [2.45, 2.75) is 25.8 Å². The fourth-order valence-electron chi connectivity index (χ4n) is 3.41. The zero-order valence-electron chi connectivity index (χ0n) is 14.4. The molecule has 1 fully saturated rings. The Morgan fingerprint density at radius 1 is 1.26 bits per heavy atom. The molecule has 138 valence electrons. The second-order valence-electron chi connectivity index (χ2n) is 6.49. The minimum Gasteiger partial charge on any atom is -0.342 e. The molecule has 0 radical (unpaired) electrons. The largest absolute Gasteiger partial charge is 0.342 e. The van der Waals surface area contributed by atoms with Gasteiger partial charge in [-0.3, -0.25) is 9.36 Å². The summed E-state index contributed by atoms with van der Waals surface area (Å²) in [5.41, 5.74) is 1.36. The maximum atomic E-state index is 14.1. The lowest BCUT2D eigenvalue weighted by atomic mass is 10.1. The fourth-order valence-corrected chi connectivity index (χ4v) is 4.88. The van der Waals surface area contributed by atoms with Gasteiger partial charge < -0.3 is 4.90 Å². The topological polar surface area (TPSA) is 61.9 Å². The molecule has 5 nitrogen and oxygen atoms in total. The highest BCUT2D eigenvalue weighted by Crippen LogP contribution is 2.33. The van der Waals surface area contributed by atoms with E-state index >= 15 is 0 Å². The number of anilines is 1. The average Bonchev–Trinajstić information content (AvgIpc) is 2.99. The molecular formula is C19H16BrFN4OS. The quantitative estimate of drug-likeness (QED) is 0.602. The van der Waals surface area contributed by atoms with Gasteiger partial charge in [0, 0.05) is 13.1 Å². The van der Waals surface area contributed by atoms with Crippen LogP contribution in [0.3, 0.4) is 0 Å². The molecule has 0 atom stereocenters. The first-order valence-corrected chi connectivity index (χ1v) is 10.3. The van der Waals surface area contributed by atoms with Crippen molar-refractivity contribution in [2.24, 2.45) is 0 Å². The summed E-state index contributed by atoms with van der Waals surface area (Å²) >= 11 is 4.02. The predicted molar refractivity (Wildman–Crippen MR) is 108 cm³/mol. The molecule has 1 aromatic carbocycles. The van der Waals surface area contributed by atoms with E-state index in [9.17, 15) is 14.4 Å². The number of halogens is 2. The molecule has 0 unspecified atom stereocenters. The van der Waals surface area contributed by atoms with Crippen LogP contribution in [0.4, 0.5) is 10.3 Å². The number of hydrogen-bond acceptors (Lipinski definition) is 5. The van der Waals surface area contributed by atoms with Crippen LogP contribution in [0.2, 0.25) is 0 Å². The first-order valence-electron chi connectivity index (χ1n) is 8.71. The highest BCUT2D eigenvalue weighted by Gasteiger charge is 2.23. The SMILES string of the molecule is N#Cc1ccccc1Cn1c(N2CCCCC2)nc2c(Br)c(F)sc2c1=O. The molecule has 1 aliphatic rings. The van der Waals surface area contributed by atoms with Crippen molar-refractivity contribution in [3.05, 3.63) is 55.3 Å². The molecule has 27 heavy (non-hydrogen) atoms. The molecule has 3 aromatic rings. The number of thiophene rings is 1. The van der Waals surface area contributed by atoms with Crippen molar-refractivity contribution >= 4 is 43.4 Å². The van der Waals surface area contributed by atoms with Crippen molar-refractivity contribution < 1.29 is 4.39 Å². The van der Waals surface area contributed by atoms with Crippen molar-refractivity contribution in [1.29, 1.82) is 5.26 Å². The predicted octanol–water partition coefficient (Wildman–Crippen LogP) is 4.27. The van der Waals surface area contributed by atoms with Crippen LogP contribution in [0, 0.1) is 16.5 Å². The third kappa shape index (κ3) is 3.26. The summed E-state index contributed by atoms with van der Waals surface area (Å²) in [6.45, 7) is 1.85. The van der Waals surface area contributed by atoms with E-state index in [2.05, 4.69) is 31.9 Å². The summed E-state index contributed by atoms with van der Waals surface area (Å²) in [4.78, 5) is 19.9. The average molecular weight is 447 g/mol. The van der Waals surface area contributed by atoms with Crippen LogP contribution in [0.5, 0.6) is 0 Å². The van der Waals surface area contributed by atoms with E-state index in [0.717, 1.165) is 49.3 Å². The Morgan fingerprint density at radius 3 is 2.74 bits per heavy atom. The minimum atomic E-state index is -0.450. The molecule has 4 rings (SSSR count). The van der Waals surface area contributed by atoms with Gasteiger partial charge in [-0.1, -0.05) is 29.5 Å². The number of rotatable bonds is 3. The molecule has 0 N–H and O–H groups in total. The van der Waals surface area contributed by atoms with Crippen molar-refractivity contribution in [1.82, 2.24) is 9.55 Å². The molecule has 0 amide bonds. The van der Waals surface area contributed by atoms with Crippen molar-refractivity contribution in [2.75, 3.05) is 18.0 Å². The third-order valence-electron chi connectivity index (χ3n) is 4.79. The van der Waals surface area contributed by atoms with E-state index in [-0.39, 0.29) is 21.3 Å². The maximum absolute atomic E-state index is 14.1. The third-order valence-corrected chi connectivity index (χ3v) is 6.73. The van der Waals surface area contributed by atoms with Crippen LogP contribution in [-0.4, -0.2) is 22.6 Å². The molecule has 0 bridgehead atoms. The highest BCUT2D eigenvalue weighted by molar-refractivity contribution is 9.10. The maximum Gasteiger partial charge on any atom is 0.273 e. The Balaban J connectivity index is 1.92. The summed E-state index contributed by atoms with van der Waals surface area (Å²) in [5.74, 6) is 0.540. The van der Waals surface area contributed by atoms with E-state index in [0.29, 0.717) is 17.0 Å². The normalized spacial score (nSPS) is 14.5. The minimum absolute atomic E-state index is 0.231. The molecule has 0 spiro atoms. The Morgan fingerprint density at radius 2 is 2.00 bits per heavy atom. The van der Waals surface area contributed by atoms with Crippen molar-refractivity contribution in [3.8, 4) is 6.07 Å². The van der Waals surface area contributed by atoms with Gasteiger partial charge in [0.2, 0.25) is 5.95 Å². The zero-order valence-corrected chi connectivity index (χ0v) is 16.8. The van der Waals surface area contributed by atoms with E-state index in [1.54, 1.807) is 16.7 Å². The van der Waals surface area contributed by atoms with Gasteiger partial charge in [-0.2, -0.15) is 9.65 Å². The Bertz CT molecular complexity index is 1110. The van der Waals surface area contributed by atoms with Crippen LogP contribution in [0.15, 0.2) is 33.5 Å². The lowest BCUT2D eigenvalue weighted by Gasteiger charge is -2.29. The van der Waals surface area contributed by atoms with Gasteiger partial charge in [-0.25, -0.2) is 4.98 Å². The van der Waals surface area contributed by atoms with Gasteiger partial charge >= 0.3 is 0 Å². The smallest absolute Gasteiger partial charge is 0.273 e. The zero-order chi connectivity index (χ0) is 19.0. The number of piperidine rings is 1. The second kappa shape index (κ2) is 7.41. The molecular weight excluding hydrogens is 431 g/mol. The number of aromatic nitrogens is 2. The van der Waals surface area contributed by atoms with Gasteiger partial charge in [0.1, 0.15) is 10.2 Å². The Hall–Kier alpha value is -2.24. The monoisotopic (exact) mass is 446 g/mol. The molecule has 0 saturated carbocycles. The highest BCUT2D eigenvalue weighted by atomic mass is 79.9. The molecule has 2 aromatic heterocycles. The van der Waals surface area contributed by atoms with Crippen LogP contribution in [0.1, 0.15) is 30.4 Å². The van der Waals surface area contributed by atoms with Crippen LogP contribution >= 0.6 is 27.3 Å². The first-order chi connectivity index (χ1) is 13.1. The molecule has 1 aliphatic heterocycles. The number of nitrogens with zero attached hydrogens (tertiary/aromatic N) is 4. The van der Waals surface area contributed by atoms with E-state index in [1.165, 1.54) is 0 Å². The van der Waals surface area contributed by atoms with Gasteiger partial charge in [0.15, 0.2) is 5.13 Å². The lowest BCUT2D eigenvalue weighted by molar-refractivity contribution is 0.553. The number of fused-ring (bicyclic) bond motifs is 1. The van der Waals surface area contributed by atoms with E-state index in [1.807, 2.05) is 12.1 Å². The molecule has 0 aliphatic carbocycles. The second-order valence-corrected chi connectivity index (χ2v) is 8.25. The molecule has 3 heterocycles. The Labute approximate surface area is 167 Å². The summed E-state index contributed by atoms with van der Waals surface area (Å²) in [6, 6.07) is 9.37. The van der Waals surface area contributed by atoms with Gasteiger partial charge in [-0.05, 0) is 46.8 Å². The summed E-state index contributed by atoms with van der Waals surface area (Å²) < 4.78 is 16.2. The number of nitriles is 1. The Kier molecular flexibility index (Phi) is 4.98.